The highest BCUT2D eigenvalue weighted by atomic mass is 32.2. The third-order valence-corrected chi connectivity index (χ3v) is 14.0. The largest absolute Gasteiger partial charge is 0.497 e. The van der Waals surface area contributed by atoms with Gasteiger partial charge in [0.1, 0.15) is 29.6 Å². The first-order valence-electron chi connectivity index (χ1n) is 18.4. The monoisotopic (exact) mass is 696 g/mol. The molecule has 0 atom stereocenters. The Kier molecular flexibility index (Phi) is 8.22. The van der Waals surface area contributed by atoms with Crippen LogP contribution >= 0.6 is 11.8 Å². The smallest absolute Gasteiger partial charge is 0.163 e. The maximum Gasteiger partial charge on any atom is 0.163 e. The second kappa shape index (κ2) is 12.4. The summed E-state index contributed by atoms with van der Waals surface area (Å²) in [6.45, 7) is 14.2. The van der Waals surface area contributed by atoms with Crippen LogP contribution in [0.1, 0.15) is 82.2 Å². The Morgan fingerprint density at radius 3 is 1.94 bits per heavy atom. The second-order valence-corrected chi connectivity index (χ2v) is 16.2. The number of rotatable bonds is 8. The van der Waals surface area contributed by atoms with Crippen LogP contribution in [0.5, 0.6) is 23.0 Å². The van der Waals surface area contributed by atoms with Crippen LogP contribution in [-0.4, -0.2) is 25.8 Å². The van der Waals surface area contributed by atoms with E-state index in [4.69, 9.17) is 18.9 Å². The van der Waals surface area contributed by atoms with Crippen molar-refractivity contribution in [2.24, 2.45) is 11.8 Å². The zero-order chi connectivity index (χ0) is 35.7. The van der Waals surface area contributed by atoms with Crippen LogP contribution in [0.15, 0.2) is 95.9 Å². The van der Waals surface area contributed by atoms with Crippen LogP contribution in [0.2, 0.25) is 0 Å². The van der Waals surface area contributed by atoms with Gasteiger partial charge in [-0.25, -0.2) is 0 Å². The molecule has 0 unspecified atom stereocenters. The molecule has 0 saturated heterocycles. The van der Waals surface area contributed by atoms with Gasteiger partial charge in [0.05, 0.1) is 24.5 Å². The minimum absolute atomic E-state index is 0.153. The molecule has 8 rings (SSSR count). The summed E-state index contributed by atoms with van der Waals surface area (Å²) in [5, 5.41) is 2.35. The molecule has 0 radical (unpaired) electrons. The van der Waals surface area contributed by atoms with Crippen molar-refractivity contribution < 1.29 is 18.9 Å². The third-order valence-electron chi connectivity index (χ3n) is 12.1. The highest BCUT2D eigenvalue weighted by Crippen LogP contribution is 2.62. The first-order valence-corrected chi connectivity index (χ1v) is 19.2. The van der Waals surface area contributed by atoms with Gasteiger partial charge in [0, 0.05) is 28.2 Å². The minimum atomic E-state index is -0.567. The van der Waals surface area contributed by atoms with Crippen molar-refractivity contribution in [1.29, 1.82) is 0 Å². The summed E-state index contributed by atoms with van der Waals surface area (Å²) >= 11 is 1.88. The van der Waals surface area contributed by atoms with Gasteiger partial charge < -0.3 is 18.9 Å². The molecule has 51 heavy (non-hydrogen) atoms. The number of benzene rings is 5. The van der Waals surface area contributed by atoms with E-state index < -0.39 is 5.41 Å². The number of hydrogen-bond donors (Lipinski definition) is 0. The summed E-state index contributed by atoms with van der Waals surface area (Å²) in [6.07, 6.45) is 6.75. The molecule has 262 valence electrons. The molecular weight excluding hydrogens is 649 g/mol. The van der Waals surface area contributed by atoms with E-state index >= 15 is 0 Å². The lowest BCUT2D eigenvalue weighted by Crippen LogP contribution is -2.40. The topological polar surface area (TPSA) is 36.9 Å². The van der Waals surface area contributed by atoms with E-state index in [9.17, 15) is 0 Å². The molecule has 0 saturated carbocycles. The fourth-order valence-corrected chi connectivity index (χ4v) is 10.6. The molecule has 3 aliphatic rings. The van der Waals surface area contributed by atoms with Gasteiger partial charge in [-0.3, -0.25) is 0 Å². The zero-order valence-electron chi connectivity index (χ0n) is 31.1. The second-order valence-electron chi connectivity index (χ2n) is 15.0. The third kappa shape index (κ3) is 4.80. The number of fused-ring (bicyclic) bond motifs is 9. The van der Waals surface area contributed by atoms with E-state index in [1.165, 1.54) is 38.1 Å². The van der Waals surface area contributed by atoms with E-state index in [0.29, 0.717) is 18.4 Å². The van der Waals surface area contributed by atoms with Crippen molar-refractivity contribution in [2.75, 3.05) is 20.8 Å². The molecule has 5 aromatic rings. The first kappa shape index (κ1) is 33.8. The number of hydrogen-bond acceptors (Lipinski definition) is 5. The molecule has 5 heteroatoms. The molecule has 5 aromatic carbocycles. The van der Waals surface area contributed by atoms with Crippen molar-refractivity contribution >= 4 is 28.6 Å². The van der Waals surface area contributed by atoms with Crippen molar-refractivity contribution in [1.82, 2.24) is 0 Å². The van der Waals surface area contributed by atoms with Gasteiger partial charge in [0.2, 0.25) is 0 Å². The Labute approximate surface area is 307 Å². The van der Waals surface area contributed by atoms with Gasteiger partial charge in [-0.05, 0) is 88.0 Å². The SMILES string of the molecule is CCC1(CC)c2ccccc2-c2c1c1c(c3cc4c(cc23)OC(C(C)C)(C(C)C)S4)OCC(c2ccc(OC)cc2)(c2ccc(OC)cc2)C=C1. The lowest BCUT2D eigenvalue weighted by molar-refractivity contribution is 0.0757. The Balaban J connectivity index is 1.43. The predicted molar refractivity (Wildman–Crippen MR) is 211 cm³/mol. The predicted octanol–water partition coefficient (Wildman–Crippen LogP) is 11.8. The zero-order valence-corrected chi connectivity index (χ0v) is 31.9. The minimum Gasteiger partial charge on any atom is -0.497 e. The maximum atomic E-state index is 7.34. The Morgan fingerprint density at radius 1 is 0.765 bits per heavy atom. The Morgan fingerprint density at radius 2 is 1.37 bits per heavy atom. The summed E-state index contributed by atoms with van der Waals surface area (Å²) in [4.78, 5) is 0.858. The highest BCUT2D eigenvalue weighted by molar-refractivity contribution is 8.01. The highest BCUT2D eigenvalue weighted by Gasteiger charge is 2.49. The lowest BCUT2D eigenvalue weighted by atomic mass is 9.71. The van der Waals surface area contributed by atoms with E-state index in [0.717, 1.165) is 52.4 Å². The van der Waals surface area contributed by atoms with Gasteiger partial charge in [0.25, 0.3) is 0 Å². The number of ether oxygens (including phenoxy) is 4. The molecule has 0 spiro atoms. The first-order chi connectivity index (χ1) is 24.7. The Bertz CT molecular complexity index is 2100. The maximum absolute atomic E-state index is 7.34. The van der Waals surface area contributed by atoms with Crippen molar-refractivity contribution in [3.8, 4) is 34.1 Å². The van der Waals surface area contributed by atoms with Gasteiger partial charge in [0.15, 0.2) is 4.93 Å². The summed E-state index contributed by atoms with van der Waals surface area (Å²) in [6, 6.07) is 30.6. The van der Waals surface area contributed by atoms with Crippen LogP contribution in [0, 0.1) is 11.8 Å². The van der Waals surface area contributed by atoms with E-state index in [1.807, 2.05) is 36.0 Å². The molecule has 0 aromatic heterocycles. The summed E-state index contributed by atoms with van der Waals surface area (Å²) in [7, 11) is 3.42. The fourth-order valence-electron chi connectivity index (χ4n) is 9.24. The summed E-state index contributed by atoms with van der Waals surface area (Å²) < 4.78 is 25.5. The molecule has 2 aliphatic heterocycles. The van der Waals surface area contributed by atoms with Crippen LogP contribution in [0.25, 0.3) is 28.0 Å². The molecular formula is C46H48O4S. The molecule has 4 nitrogen and oxygen atoms in total. The summed E-state index contributed by atoms with van der Waals surface area (Å²) in [5.41, 5.74) is 8.17. The van der Waals surface area contributed by atoms with E-state index in [2.05, 4.69) is 114 Å². The molecule has 0 amide bonds. The molecule has 0 N–H and O–H groups in total. The number of methoxy groups -OCH3 is 2. The Hall–Kier alpha value is -4.35. The molecule has 1 aliphatic carbocycles. The van der Waals surface area contributed by atoms with E-state index in [1.54, 1.807) is 14.2 Å². The standard InChI is InChI=1S/C46H48O4S/c1-9-44(10-2)38-14-12-11-13-34(38)41-36-25-39-40(51-46(50-39,28(3)4)29(5)6)26-37(36)43-35(42(41)44)23-24-45(27-49-43,30-15-19-32(47-7)20-16-30)31-17-21-33(48-8)22-18-31/h11-26,28-29H,9-10,27H2,1-8H3. The van der Waals surface area contributed by atoms with Crippen LogP contribution in [0.3, 0.4) is 0 Å². The van der Waals surface area contributed by atoms with Crippen LogP contribution in [0.4, 0.5) is 0 Å². The van der Waals surface area contributed by atoms with Crippen LogP contribution < -0.4 is 18.9 Å². The van der Waals surface area contributed by atoms with Gasteiger partial charge in [-0.1, -0.05) is 114 Å². The molecule has 2 heterocycles. The van der Waals surface area contributed by atoms with Gasteiger partial charge >= 0.3 is 0 Å². The average molecular weight is 697 g/mol. The quantitative estimate of drug-likeness (QED) is 0.161. The van der Waals surface area contributed by atoms with Crippen LogP contribution in [-0.2, 0) is 10.8 Å². The van der Waals surface area contributed by atoms with Crippen molar-refractivity contribution in [2.45, 2.75) is 75.0 Å². The van der Waals surface area contributed by atoms with Crippen molar-refractivity contribution in [3.05, 3.63) is 119 Å². The van der Waals surface area contributed by atoms with Crippen molar-refractivity contribution in [3.63, 3.8) is 0 Å². The van der Waals surface area contributed by atoms with Gasteiger partial charge in [-0.15, -0.1) is 0 Å². The van der Waals surface area contributed by atoms with E-state index in [-0.39, 0.29) is 10.3 Å². The number of thioether (sulfide) groups is 1. The average Bonchev–Trinajstić information content (AvgIpc) is 3.61. The lowest BCUT2D eigenvalue weighted by Gasteiger charge is -2.35. The van der Waals surface area contributed by atoms with Gasteiger partial charge in [-0.2, -0.15) is 0 Å². The fraction of sp³-hybridized carbons (Fsp3) is 0.348. The molecule has 0 fully saturated rings. The summed E-state index contributed by atoms with van der Waals surface area (Å²) in [5.74, 6) is 4.27. The molecule has 0 bridgehead atoms. The normalized spacial score (nSPS) is 17.3.